The van der Waals surface area contributed by atoms with Crippen LogP contribution in [0, 0.1) is 5.41 Å². The molecular weight excluding hydrogens is 684 g/mol. The fourth-order valence-corrected chi connectivity index (χ4v) is 10.7. The van der Waals surface area contributed by atoms with Gasteiger partial charge in [0.25, 0.3) is 0 Å². The van der Waals surface area contributed by atoms with Gasteiger partial charge in [-0.2, -0.15) is 0 Å². The number of hydrogen-bond acceptors (Lipinski definition) is 1. The van der Waals surface area contributed by atoms with Crippen molar-refractivity contribution >= 4 is 15.3 Å². The monoisotopic (exact) mass is 718 g/mol. The molecule has 0 fully saturated rings. The van der Waals surface area contributed by atoms with Crippen molar-refractivity contribution in [1.29, 1.82) is 0 Å². The van der Waals surface area contributed by atoms with E-state index in [0.717, 1.165) is 0 Å². The van der Waals surface area contributed by atoms with Crippen LogP contribution in [0.15, 0.2) is 0 Å². The standard InChI is InChI=1S/C22H34F15P.F3OP/c1-4-7-12-38(13-8-5-2,14-9-6-3)15-10-11-16(17(23,24)20(29,30)31,18(25,26)21(32,33)34)19(27,28)22(35,36)37;1-5(2,3)4/h38H,4-15H2,1-3H3;. The first kappa shape index (κ1) is 44.5. The van der Waals surface area contributed by atoms with Gasteiger partial charge >= 0.3 is 220 Å². The summed E-state index contributed by atoms with van der Waals surface area (Å²) >= 11 is 0. The Morgan fingerprint density at radius 3 is 0.860 bits per heavy atom. The van der Waals surface area contributed by atoms with Crippen LogP contribution >= 0.6 is 15.3 Å². The zero-order chi connectivity index (χ0) is 35.0. The molecule has 0 amide bonds. The number of halogens is 18. The first-order chi connectivity index (χ1) is 18.9. The van der Waals surface area contributed by atoms with E-state index in [9.17, 15) is 78.4 Å². The van der Waals surface area contributed by atoms with Crippen molar-refractivity contribution in [2.45, 2.75) is 108 Å². The Hall–Kier alpha value is -0.600. The molecule has 0 aromatic carbocycles. The van der Waals surface area contributed by atoms with Crippen LogP contribution in [-0.4, -0.2) is 60.9 Å². The fraction of sp³-hybridized carbons (Fsp3) is 1.00. The number of unbranched alkanes of at least 4 members (excludes halogenated alkanes) is 3. The molecule has 0 saturated heterocycles. The minimum atomic E-state index is -7.78. The average Bonchev–Trinajstić information content (AvgIpc) is 2.78. The molecule has 0 radical (unpaired) electrons. The fourth-order valence-electron chi connectivity index (χ4n) is 4.92. The van der Waals surface area contributed by atoms with Crippen molar-refractivity contribution < 1.29 is 83.0 Å². The topological polar surface area (TPSA) is 17.1 Å². The Balaban J connectivity index is 0. The molecule has 264 valence electrons. The Morgan fingerprint density at radius 2 is 0.674 bits per heavy atom. The van der Waals surface area contributed by atoms with Gasteiger partial charge in [-0.1, -0.05) is 0 Å². The predicted octanol–water partition coefficient (Wildman–Crippen LogP) is 12.5. The van der Waals surface area contributed by atoms with E-state index in [1.807, 2.05) is 0 Å². The molecule has 43 heavy (non-hydrogen) atoms. The SMILES string of the molecule is CCCC[PH](CCCC)(CCCC)CCCC(C(F)(F)C(F)(F)F)(C(F)(F)C(F)(F)F)C(F)(F)C(F)(F)F.O=P(F)(F)F. The normalized spacial score (nSPS) is 15.3. The summed E-state index contributed by atoms with van der Waals surface area (Å²) in [5.74, 6) is -23.3. The molecule has 0 saturated carbocycles. The van der Waals surface area contributed by atoms with Gasteiger partial charge in [-0.25, -0.2) is 4.57 Å². The van der Waals surface area contributed by atoms with Gasteiger partial charge < -0.3 is 0 Å². The summed E-state index contributed by atoms with van der Waals surface area (Å²) in [4.78, 5) is 0. The van der Waals surface area contributed by atoms with E-state index in [-0.39, 0.29) is 0 Å². The van der Waals surface area contributed by atoms with Gasteiger partial charge in [0.05, 0.1) is 0 Å². The molecule has 0 bridgehead atoms. The van der Waals surface area contributed by atoms with Gasteiger partial charge in [-0.3, -0.25) is 0 Å². The molecule has 0 aromatic rings. The first-order valence-corrected chi connectivity index (χ1v) is 17.1. The summed E-state index contributed by atoms with van der Waals surface area (Å²) in [6, 6.07) is 0. The van der Waals surface area contributed by atoms with Gasteiger partial charge in [-0.05, 0) is 0 Å². The van der Waals surface area contributed by atoms with Crippen LogP contribution in [-0.2, 0) is 4.57 Å². The number of rotatable bonds is 16. The van der Waals surface area contributed by atoms with Crippen molar-refractivity contribution in [3.8, 4) is 0 Å². The van der Waals surface area contributed by atoms with Gasteiger partial charge in [0.1, 0.15) is 0 Å². The first-order valence-electron chi connectivity index (χ1n) is 12.9. The molecule has 0 aliphatic carbocycles. The second kappa shape index (κ2) is 15.8. The van der Waals surface area contributed by atoms with Crippen LogP contribution in [0.2, 0.25) is 0 Å². The van der Waals surface area contributed by atoms with E-state index in [2.05, 4.69) is 0 Å². The molecule has 0 heterocycles. The van der Waals surface area contributed by atoms with Crippen molar-refractivity contribution in [2.75, 3.05) is 24.6 Å². The van der Waals surface area contributed by atoms with Crippen LogP contribution < -0.4 is 0 Å². The van der Waals surface area contributed by atoms with Gasteiger partial charge in [-0.15, -0.1) is 12.6 Å². The zero-order valence-electron chi connectivity index (χ0n) is 23.1. The summed E-state index contributed by atoms with van der Waals surface area (Å²) in [5, 5.41) is 0. The van der Waals surface area contributed by atoms with Gasteiger partial charge in [0, 0.05) is 0 Å². The third-order valence-electron chi connectivity index (χ3n) is 7.12. The Kier molecular flexibility index (Phi) is 16.4. The Labute approximate surface area is 237 Å². The molecule has 0 atom stereocenters. The Morgan fingerprint density at radius 1 is 0.465 bits per heavy atom. The van der Waals surface area contributed by atoms with Gasteiger partial charge in [0.15, 0.2) is 0 Å². The molecule has 0 aliphatic heterocycles. The van der Waals surface area contributed by atoms with Gasteiger partial charge in [0.2, 0.25) is 0 Å². The molecular formula is C22H34F18OP2. The third-order valence-corrected chi connectivity index (χ3v) is 12.8. The molecule has 0 unspecified atom stereocenters. The maximum atomic E-state index is 14.5. The molecule has 0 aromatic heterocycles. The quantitative estimate of drug-likeness (QED) is 0.115. The van der Waals surface area contributed by atoms with Crippen LogP contribution in [0.3, 0.4) is 0 Å². The van der Waals surface area contributed by atoms with E-state index in [1.54, 1.807) is 20.8 Å². The maximum Gasteiger partial charge on any atom is 0.591 e. The Bertz CT molecular complexity index is 765. The van der Waals surface area contributed by atoms with Crippen LogP contribution in [0.5, 0.6) is 0 Å². The number of alkyl halides is 15. The van der Waals surface area contributed by atoms with Crippen molar-refractivity contribution in [3.63, 3.8) is 0 Å². The minimum Gasteiger partial charge on any atom is -0.215 e. The molecule has 0 rings (SSSR count). The summed E-state index contributed by atoms with van der Waals surface area (Å²) in [5.41, 5.74) is -7.21. The summed E-state index contributed by atoms with van der Waals surface area (Å²) in [6.45, 7) is 5.21. The molecule has 0 spiro atoms. The van der Waals surface area contributed by atoms with Crippen molar-refractivity contribution in [3.05, 3.63) is 0 Å². The summed E-state index contributed by atoms with van der Waals surface area (Å²) in [7, 11) is -8.99. The molecule has 21 heteroatoms. The molecule has 0 aliphatic rings. The van der Waals surface area contributed by atoms with Crippen LogP contribution in [0.25, 0.3) is 0 Å². The number of hydrogen-bond donors (Lipinski definition) is 0. The predicted molar refractivity (Wildman–Crippen MR) is 128 cm³/mol. The molecule has 1 nitrogen and oxygen atoms in total. The zero-order valence-corrected chi connectivity index (χ0v) is 25.0. The second-order valence-electron chi connectivity index (χ2n) is 10.2. The van der Waals surface area contributed by atoms with E-state index >= 15 is 0 Å². The van der Waals surface area contributed by atoms with Crippen LogP contribution in [0.4, 0.5) is 78.4 Å². The van der Waals surface area contributed by atoms with E-state index < -0.39 is 76.1 Å². The third kappa shape index (κ3) is 11.0. The molecule has 0 N–H and O–H groups in total. The minimum absolute atomic E-state index is 0.345. The average molecular weight is 718 g/mol. The largest absolute Gasteiger partial charge is 0.591 e. The summed E-state index contributed by atoms with van der Waals surface area (Å²) < 4.78 is 243. The van der Waals surface area contributed by atoms with E-state index in [1.165, 1.54) is 0 Å². The van der Waals surface area contributed by atoms with Crippen molar-refractivity contribution in [2.24, 2.45) is 5.41 Å². The summed E-state index contributed by atoms with van der Waals surface area (Å²) in [6.07, 6.45) is -23.8. The maximum absolute atomic E-state index is 14.5. The second-order valence-corrected chi connectivity index (χ2v) is 16.0. The van der Waals surface area contributed by atoms with E-state index in [4.69, 9.17) is 4.57 Å². The van der Waals surface area contributed by atoms with Crippen LogP contribution in [0.1, 0.15) is 72.1 Å². The van der Waals surface area contributed by atoms with Crippen molar-refractivity contribution in [1.82, 2.24) is 0 Å². The van der Waals surface area contributed by atoms with E-state index in [0.29, 0.717) is 57.0 Å². The smallest absolute Gasteiger partial charge is 0.215 e.